The predicted molar refractivity (Wildman–Crippen MR) is 87.2 cm³/mol. The lowest BCUT2D eigenvalue weighted by molar-refractivity contribution is 0.102. The second-order valence-corrected chi connectivity index (χ2v) is 4.89. The smallest absolute Gasteiger partial charge is 0.255 e. The average Bonchev–Trinajstić information content (AvgIpc) is 2.55. The lowest BCUT2D eigenvalue weighted by Gasteiger charge is -2.10. The van der Waals surface area contributed by atoms with E-state index in [-0.39, 0.29) is 12.5 Å². The van der Waals surface area contributed by atoms with E-state index in [2.05, 4.69) is 11.9 Å². The molecule has 2 N–H and O–H groups in total. The number of rotatable bonds is 6. The van der Waals surface area contributed by atoms with Gasteiger partial charge in [0.2, 0.25) is 0 Å². The number of benzene rings is 2. The van der Waals surface area contributed by atoms with Gasteiger partial charge in [-0.1, -0.05) is 24.8 Å². The number of aryl methyl sites for hydroxylation is 1. The number of hydrogen-bond donors (Lipinski definition) is 2. The molecule has 22 heavy (non-hydrogen) atoms. The van der Waals surface area contributed by atoms with Crippen LogP contribution in [0.2, 0.25) is 0 Å². The van der Waals surface area contributed by atoms with E-state index in [1.165, 1.54) is 0 Å². The number of amides is 1. The summed E-state index contributed by atoms with van der Waals surface area (Å²) in [5, 5.41) is 12.0. The first-order valence-corrected chi connectivity index (χ1v) is 6.99. The van der Waals surface area contributed by atoms with Gasteiger partial charge in [-0.05, 0) is 48.4 Å². The van der Waals surface area contributed by atoms with Crippen LogP contribution in [0.1, 0.15) is 21.5 Å². The van der Waals surface area contributed by atoms with Gasteiger partial charge in [0.1, 0.15) is 12.4 Å². The van der Waals surface area contributed by atoms with Crippen LogP contribution in [0, 0.1) is 6.92 Å². The number of aliphatic hydroxyl groups excluding tert-OH is 1. The van der Waals surface area contributed by atoms with Crippen LogP contribution >= 0.6 is 0 Å². The standard InChI is InChI=1S/C18H19NO3/c1-3-10-22-16-8-6-15(7-9-16)18(21)19-17-11-14(12-20)5-4-13(17)2/h3-9,11,20H,1,10,12H2,2H3,(H,19,21). The molecule has 0 radical (unpaired) electrons. The lowest BCUT2D eigenvalue weighted by Crippen LogP contribution is -2.13. The maximum Gasteiger partial charge on any atom is 0.255 e. The van der Waals surface area contributed by atoms with Crippen molar-refractivity contribution in [1.29, 1.82) is 0 Å². The monoisotopic (exact) mass is 297 g/mol. The van der Waals surface area contributed by atoms with Gasteiger partial charge >= 0.3 is 0 Å². The molecule has 0 aromatic heterocycles. The molecular formula is C18H19NO3. The Labute approximate surface area is 130 Å². The molecular weight excluding hydrogens is 278 g/mol. The van der Waals surface area contributed by atoms with E-state index in [9.17, 15) is 9.90 Å². The summed E-state index contributed by atoms with van der Waals surface area (Å²) in [5.74, 6) is 0.489. The van der Waals surface area contributed by atoms with E-state index in [1.54, 1.807) is 36.4 Å². The van der Waals surface area contributed by atoms with Crippen LogP contribution in [0.25, 0.3) is 0 Å². The van der Waals surface area contributed by atoms with E-state index in [4.69, 9.17) is 4.74 Å². The normalized spacial score (nSPS) is 10.1. The second kappa shape index (κ2) is 7.43. The molecule has 0 heterocycles. The molecule has 0 unspecified atom stereocenters. The first-order chi connectivity index (χ1) is 10.6. The average molecular weight is 297 g/mol. The van der Waals surface area contributed by atoms with Gasteiger partial charge in [-0.3, -0.25) is 4.79 Å². The summed E-state index contributed by atoms with van der Waals surface area (Å²) in [6.07, 6.45) is 1.66. The molecule has 0 fully saturated rings. The van der Waals surface area contributed by atoms with Gasteiger partial charge in [0, 0.05) is 11.3 Å². The van der Waals surface area contributed by atoms with E-state index in [0.717, 1.165) is 11.1 Å². The van der Waals surface area contributed by atoms with Gasteiger partial charge in [0.25, 0.3) is 5.91 Å². The minimum absolute atomic E-state index is 0.0571. The van der Waals surface area contributed by atoms with E-state index in [1.807, 2.05) is 19.1 Å². The number of carbonyl (C=O) groups is 1. The molecule has 2 rings (SSSR count). The molecule has 2 aromatic carbocycles. The van der Waals surface area contributed by atoms with Gasteiger partial charge < -0.3 is 15.2 Å². The highest BCUT2D eigenvalue weighted by atomic mass is 16.5. The molecule has 4 nitrogen and oxygen atoms in total. The molecule has 0 aliphatic rings. The van der Waals surface area contributed by atoms with Crippen molar-refractivity contribution in [3.8, 4) is 5.75 Å². The van der Waals surface area contributed by atoms with Crippen molar-refractivity contribution in [2.24, 2.45) is 0 Å². The number of hydrogen-bond acceptors (Lipinski definition) is 3. The predicted octanol–water partition coefficient (Wildman–Crippen LogP) is 3.30. The van der Waals surface area contributed by atoms with Crippen LogP contribution in [-0.2, 0) is 6.61 Å². The summed E-state index contributed by atoms with van der Waals surface area (Å²) in [6, 6.07) is 12.4. The molecule has 0 aliphatic carbocycles. The molecule has 2 aromatic rings. The highest BCUT2D eigenvalue weighted by Crippen LogP contribution is 2.19. The molecule has 0 bridgehead atoms. The maximum atomic E-state index is 12.3. The van der Waals surface area contributed by atoms with Crippen molar-refractivity contribution in [3.63, 3.8) is 0 Å². The Morgan fingerprint density at radius 2 is 2.00 bits per heavy atom. The lowest BCUT2D eigenvalue weighted by atomic mass is 10.1. The molecule has 114 valence electrons. The van der Waals surface area contributed by atoms with Crippen LogP contribution < -0.4 is 10.1 Å². The fourth-order valence-electron chi connectivity index (χ4n) is 1.95. The zero-order valence-corrected chi connectivity index (χ0v) is 12.5. The van der Waals surface area contributed by atoms with Crippen molar-refractivity contribution in [1.82, 2.24) is 0 Å². The Morgan fingerprint density at radius 3 is 2.64 bits per heavy atom. The second-order valence-electron chi connectivity index (χ2n) is 4.89. The topological polar surface area (TPSA) is 58.6 Å². The SMILES string of the molecule is C=CCOc1ccc(C(=O)Nc2cc(CO)ccc2C)cc1. The van der Waals surface area contributed by atoms with E-state index >= 15 is 0 Å². The molecule has 0 atom stereocenters. The number of aliphatic hydroxyl groups is 1. The third-order valence-electron chi connectivity index (χ3n) is 3.22. The number of nitrogens with one attached hydrogen (secondary N) is 1. The van der Waals surface area contributed by atoms with Crippen LogP contribution in [0.5, 0.6) is 5.75 Å². The number of carbonyl (C=O) groups excluding carboxylic acids is 1. The van der Waals surface area contributed by atoms with Gasteiger partial charge in [0.15, 0.2) is 0 Å². The quantitative estimate of drug-likeness (QED) is 0.804. The van der Waals surface area contributed by atoms with Gasteiger partial charge in [-0.25, -0.2) is 0 Å². The van der Waals surface area contributed by atoms with Gasteiger partial charge in [-0.2, -0.15) is 0 Å². The van der Waals surface area contributed by atoms with Gasteiger partial charge in [0.05, 0.1) is 6.61 Å². The minimum atomic E-state index is -0.200. The highest BCUT2D eigenvalue weighted by Gasteiger charge is 2.08. The van der Waals surface area contributed by atoms with E-state index < -0.39 is 0 Å². The van der Waals surface area contributed by atoms with Crippen LogP contribution in [0.3, 0.4) is 0 Å². The molecule has 0 saturated carbocycles. The molecule has 0 saturated heterocycles. The van der Waals surface area contributed by atoms with Crippen molar-refractivity contribution in [2.45, 2.75) is 13.5 Å². The fraction of sp³-hybridized carbons (Fsp3) is 0.167. The fourth-order valence-corrected chi connectivity index (χ4v) is 1.95. The Bertz CT molecular complexity index is 663. The summed E-state index contributed by atoms with van der Waals surface area (Å²) in [4.78, 5) is 12.3. The minimum Gasteiger partial charge on any atom is -0.490 e. The molecule has 0 spiro atoms. The Kier molecular flexibility index (Phi) is 5.33. The summed E-state index contributed by atoms with van der Waals surface area (Å²) in [6.45, 7) is 5.86. The third kappa shape index (κ3) is 3.96. The van der Waals surface area contributed by atoms with Crippen molar-refractivity contribution < 1.29 is 14.6 Å². The Balaban J connectivity index is 2.10. The van der Waals surface area contributed by atoms with Crippen LogP contribution in [-0.4, -0.2) is 17.6 Å². The summed E-state index contributed by atoms with van der Waals surface area (Å²) in [5.41, 5.74) is 2.94. The van der Waals surface area contributed by atoms with Crippen molar-refractivity contribution in [2.75, 3.05) is 11.9 Å². The summed E-state index contributed by atoms with van der Waals surface area (Å²) >= 11 is 0. The number of anilines is 1. The molecule has 0 aliphatic heterocycles. The first-order valence-electron chi connectivity index (χ1n) is 6.99. The summed E-state index contributed by atoms with van der Waals surface area (Å²) in [7, 11) is 0. The largest absolute Gasteiger partial charge is 0.490 e. The Morgan fingerprint density at radius 1 is 1.27 bits per heavy atom. The van der Waals surface area contributed by atoms with Gasteiger partial charge in [-0.15, -0.1) is 0 Å². The summed E-state index contributed by atoms with van der Waals surface area (Å²) < 4.78 is 5.38. The Hall–Kier alpha value is -2.59. The van der Waals surface area contributed by atoms with Crippen LogP contribution in [0.15, 0.2) is 55.1 Å². The number of ether oxygens (including phenoxy) is 1. The van der Waals surface area contributed by atoms with Crippen molar-refractivity contribution >= 4 is 11.6 Å². The third-order valence-corrected chi connectivity index (χ3v) is 3.22. The van der Waals surface area contributed by atoms with Crippen LogP contribution in [0.4, 0.5) is 5.69 Å². The van der Waals surface area contributed by atoms with E-state index in [0.29, 0.717) is 23.6 Å². The first kappa shape index (κ1) is 15.8. The van der Waals surface area contributed by atoms with Crippen molar-refractivity contribution in [3.05, 3.63) is 71.8 Å². The molecule has 4 heteroatoms. The highest BCUT2D eigenvalue weighted by molar-refractivity contribution is 6.04. The zero-order chi connectivity index (χ0) is 15.9. The zero-order valence-electron chi connectivity index (χ0n) is 12.5. The molecule has 1 amide bonds. The maximum absolute atomic E-state index is 12.3.